The van der Waals surface area contributed by atoms with Crippen molar-refractivity contribution in [1.29, 1.82) is 0 Å². The van der Waals surface area contributed by atoms with E-state index in [4.69, 9.17) is 0 Å². The number of rotatable bonds is 4. The van der Waals surface area contributed by atoms with Crippen molar-refractivity contribution in [3.05, 3.63) is 31.9 Å². The fraction of sp³-hybridized carbons (Fsp3) is 0.538. The molecule has 1 saturated carbocycles. The molecule has 1 aliphatic carbocycles. The highest BCUT2D eigenvalue weighted by Crippen LogP contribution is 2.29. The number of halogens is 1. The van der Waals surface area contributed by atoms with Gasteiger partial charge in [0.1, 0.15) is 5.69 Å². The summed E-state index contributed by atoms with van der Waals surface area (Å²) < 4.78 is 0.850. The third kappa shape index (κ3) is 4.04. The number of aliphatic hydroxyl groups is 1. The van der Waals surface area contributed by atoms with E-state index in [9.17, 15) is 15.2 Å². The molecule has 0 bridgehead atoms. The van der Waals surface area contributed by atoms with Crippen molar-refractivity contribution >= 4 is 34.0 Å². The molecule has 1 aromatic carbocycles. The lowest BCUT2D eigenvalue weighted by Crippen LogP contribution is -2.25. The second-order valence-corrected chi connectivity index (χ2v) is 6.23. The number of nitrogens with one attached hydrogen (secondary N) is 1. The van der Waals surface area contributed by atoms with Crippen LogP contribution in [0.2, 0.25) is 0 Å². The average Bonchev–Trinajstić information content (AvgIpc) is 2.37. The maximum Gasteiger partial charge on any atom is 0.293 e. The van der Waals surface area contributed by atoms with Crippen LogP contribution in [0.5, 0.6) is 0 Å². The second-order valence-electron chi connectivity index (χ2n) is 4.99. The van der Waals surface area contributed by atoms with Crippen LogP contribution < -0.4 is 5.32 Å². The van der Waals surface area contributed by atoms with Gasteiger partial charge >= 0.3 is 0 Å². The molecule has 1 aromatic rings. The topological polar surface area (TPSA) is 75.4 Å². The Morgan fingerprint density at radius 1 is 1.47 bits per heavy atom. The summed E-state index contributed by atoms with van der Waals surface area (Å²) in [6, 6.07) is 5.17. The SMILES string of the molecule is O=[N+]([O-])c1cc(I)ccc1NCC1CCCC(O)C1. The maximum atomic E-state index is 11.0. The number of benzene rings is 1. The number of nitro benzene ring substituents is 1. The molecule has 6 heteroatoms. The lowest BCUT2D eigenvalue weighted by atomic mass is 9.87. The highest BCUT2D eigenvalue weighted by Gasteiger charge is 2.21. The molecular weight excluding hydrogens is 359 g/mol. The van der Waals surface area contributed by atoms with Gasteiger partial charge in [0.15, 0.2) is 0 Å². The minimum atomic E-state index is -0.361. The lowest BCUT2D eigenvalue weighted by molar-refractivity contribution is -0.384. The summed E-state index contributed by atoms with van der Waals surface area (Å²) in [6.07, 6.45) is 3.54. The van der Waals surface area contributed by atoms with Gasteiger partial charge in [-0.1, -0.05) is 6.42 Å². The van der Waals surface area contributed by atoms with E-state index in [1.807, 2.05) is 6.07 Å². The molecule has 0 spiro atoms. The molecule has 0 aromatic heterocycles. The predicted octanol–water partition coefficient (Wildman–Crippen LogP) is 3.16. The average molecular weight is 376 g/mol. The van der Waals surface area contributed by atoms with E-state index in [2.05, 4.69) is 27.9 Å². The molecule has 0 radical (unpaired) electrons. The molecule has 0 saturated heterocycles. The zero-order valence-electron chi connectivity index (χ0n) is 10.5. The van der Waals surface area contributed by atoms with Crippen LogP contribution in [0.1, 0.15) is 25.7 Å². The number of nitrogens with zero attached hydrogens (tertiary/aromatic N) is 1. The summed E-state index contributed by atoms with van der Waals surface area (Å²) in [5.74, 6) is 0.391. The van der Waals surface area contributed by atoms with Gasteiger partial charge < -0.3 is 10.4 Å². The maximum absolute atomic E-state index is 11.0. The van der Waals surface area contributed by atoms with Crippen molar-refractivity contribution in [2.24, 2.45) is 5.92 Å². The summed E-state index contributed by atoms with van der Waals surface area (Å²) >= 11 is 2.06. The molecule has 0 amide bonds. The van der Waals surface area contributed by atoms with Gasteiger partial charge in [-0.15, -0.1) is 0 Å². The van der Waals surface area contributed by atoms with Crippen molar-refractivity contribution in [3.8, 4) is 0 Å². The Hall–Kier alpha value is -0.890. The largest absolute Gasteiger partial charge is 0.393 e. The molecule has 1 aliphatic rings. The van der Waals surface area contributed by atoms with Crippen LogP contribution in [0.4, 0.5) is 11.4 Å². The summed E-state index contributed by atoms with van der Waals surface area (Å²) in [5, 5.41) is 23.8. The van der Waals surface area contributed by atoms with Crippen molar-refractivity contribution in [3.63, 3.8) is 0 Å². The van der Waals surface area contributed by atoms with Gasteiger partial charge in [-0.05, 0) is 59.9 Å². The Morgan fingerprint density at radius 3 is 2.95 bits per heavy atom. The van der Waals surface area contributed by atoms with Crippen molar-refractivity contribution < 1.29 is 10.0 Å². The summed E-state index contributed by atoms with van der Waals surface area (Å²) in [4.78, 5) is 10.6. The third-order valence-electron chi connectivity index (χ3n) is 3.49. The number of anilines is 1. The number of nitro groups is 1. The van der Waals surface area contributed by atoms with E-state index in [-0.39, 0.29) is 16.7 Å². The van der Waals surface area contributed by atoms with E-state index in [0.29, 0.717) is 18.2 Å². The Bertz CT molecular complexity index is 467. The van der Waals surface area contributed by atoms with Crippen LogP contribution in [0.15, 0.2) is 18.2 Å². The van der Waals surface area contributed by atoms with Gasteiger partial charge in [-0.2, -0.15) is 0 Å². The molecular formula is C13H17IN2O3. The van der Waals surface area contributed by atoms with E-state index in [1.165, 1.54) is 0 Å². The van der Waals surface area contributed by atoms with E-state index in [0.717, 1.165) is 29.3 Å². The van der Waals surface area contributed by atoms with Crippen molar-refractivity contribution in [2.45, 2.75) is 31.8 Å². The minimum absolute atomic E-state index is 0.114. The highest BCUT2D eigenvalue weighted by atomic mass is 127. The minimum Gasteiger partial charge on any atom is -0.393 e. The van der Waals surface area contributed by atoms with Gasteiger partial charge in [0.2, 0.25) is 0 Å². The highest BCUT2D eigenvalue weighted by molar-refractivity contribution is 14.1. The van der Waals surface area contributed by atoms with Crippen molar-refractivity contribution in [1.82, 2.24) is 0 Å². The molecule has 2 N–H and O–H groups in total. The number of aliphatic hydroxyl groups excluding tert-OH is 1. The fourth-order valence-electron chi connectivity index (χ4n) is 2.51. The number of hydrogen-bond acceptors (Lipinski definition) is 4. The smallest absolute Gasteiger partial charge is 0.293 e. The van der Waals surface area contributed by atoms with E-state index >= 15 is 0 Å². The van der Waals surface area contributed by atoms with Crippen molar-refractivity contribution in [2.75, 3.05) is 11.9 Å². The van der Waals surface area contributed by atoms with Crippen LogP contribution in [0.25, 0.3) is 0 Å². The van der Waals surface area contributed by atoms with Crippen LogP contribution >= 0.6 is 22.6 Å². The quantitative estimate of drug-likeness (QED) is 0.481. The monoisotopic (exact) mass is 376 g/mol. The fourth-order valence-corrected chi connectivity index (χ4v) is 2.98. The first kappa shape index (κ1) is 14.5. The van der Waals surface area contributed by atoms with Gasteiger partial charge in [-0.25, -0.2) is 0 Å². The van der Waals surface area contributed by atoms with Gasteiger partial charge in [0, 0.05) is 16.2 Å². The first-order valence-corrected chi connectivity index (χ1v) is 7.50. The zero-order valence-corrected chi connectivity index (χ0v) is 12.7. The third-order valence-corrected chi connectivity index (χ3v) is 4.16. The van der Waals surface area contributed by atoms with Crippen LogP contribution in [0, 0.1) is 19.6 Å². The first-order valence-electron chi connectivity index (χ1n) is 6.42. The summed E-state index contributed by atoms with van der Waals surface area (Å²) in [5.41, 5.74) is 0.675. The van der Waals surface area contributed by atoms with Gasteiger partial charge in [0.25, 0.3) is 5.69 Å². The normalized spacial score (nSPS) is 23.1. The van der Waals surface area contributed by atoms with Gasteiger partial charge in [0.05, 0.1) is 11.0 Å². The zero-order chi connectivity index (χ0) is 13.8. The second kappa shape index (κ2) is 6.51. The molecule has 19 heavy (non-hydrogen) atoms. The molecule has 2 atom stereocenters. The molecule has 1 fully saturated rings. The van der Waals surface area contributed by atoms with E-state index < -0.39 is 0 Å². The molecule has 2 rings (SSSR count). The molecule has 5 nitrogen and oxygen atoms in total. The Balaban J connectivity index is 2.01. The molecule has 0 heterocycles. The van der Waals surface area contributed by atoms with E-state index in [1.54, 1.807) is 12.1 Å². The Morgan fingerprint density at radius 2 is 2.26 bits per heavy atom. The Labute approximate surface area is 125 Å². The lowest BCUT2D eigenvalue weighted by Gasteiger charge is -2.26. The summed E-state index contributed by atoms with van der Waals surface area (Å²) in [6.45, 7) is 0.679. The molecule has 2 unspecified atom stereocenters. The van der Waals surface area contributed by atoms with Crippen LogP contribution in [0.3, 0.4) is 0 Å². The predicted molar refractivity (Wildman–Crippen MR) is 82.3 cm³/mol. The van der Waals surface area contributed by atoms with Crippen LogP contribution in [-0.2, 0) is 0 Å². The van der Waals surface area contributed by atoms with Crippen LogP contribution in [-0.4, -0.2) is 22.7 Å². The summed E-state index contributed by atoms with van der Waals surface area (Å²) in [7, 11) is 0. The molecule has 0 aliphatic heterocycles. The first-order chi connectivity index (χ1) is 9.06. The molecule has 104 valence electrons. The Kier molecular flexibility index (Phi) is 4.98. The van der Waals surface area contributed by atoms with Gasteiger partial charge in [-0.3, -0.25) is 10.1 Å². The number of hydrogen-bond donors (Lipinski definition) is 2. The standard InChI is InChI=1S/C13H17IN2O3/c14-10-4-5-12(13(7-10)16(18)19)15-8-9-2-1-3-11(17)6-9/h4-5,7,9,11,15,17H,1-3,6,8H2.